The van der Waals surface area contributed by atoms with E-state index in [0.29, 0.717) is 17.8 Å². The number of halogens is 6. The van der Waals surface area contributed by atoms with Crippen LogP contribution in [-0.4, -0.2) is 19.0 Å². The molecule has 0 heterocycles. The monoisotopic (exact) mass is 410 g/mol. The minimum atomic E-state index is -4.50. The molecule has 2 rings (SSSR count). The summed E-state index contributed by atoms with van der Waals surface area (Å²) >= 11 is 0. The molecular formula is C16H16F6N4O2. The van der Waals surface area contributed by atoms with Crippen molar-refractivity contribution in [2.24, 2.45) is 0 Å². The van der Waals surface area contributed by atoms with E-state index in [9.17, 15) is 36.5 Å². The van der Waals surface area contributed by atoms with Gasteiger partial charge in [-0.15, -0.1) is 0 Å². The molecule has 0 amide bonds. The Morgan fingerprint density at radius 1 is 0.857 bits per heavy atom. The number of nitrogen functional groups attached to an aromatic ring is 1. The Labute approximate surface area is 155 Å². The van der Waals surface area contributed by atoms with Crippen molar-refractivity contribution < 1.29 is 31.3 Å². The van der Waals surface area contributed by atoms with E-state index < -0.39 is 28.4 Å². The van der Waals surface area contributed by atoms with Crippen molar-refractivity contribution in [1.82, 2.24) is 0 Å². The number of alkyl halides is 6. The first-order valence-corrected chi connectivity index (χ1v) is 7.49. The summed E-state index contributed by atoms with van der Waals surface area (Å²) < 4.78 is 73.2. The Morgan fingerprint density at radius 3 is 1.68 bits per heavy atom. The molecule has 2 aromatic rings. The maximum Gasteiger partial charge on any atom is 0.416 e. The maximum absolute atomic E-state index is 12.2. The van der Waals surface area contributed by atoms with Gasteiger partial charge in [0.05, 0.1) is 27.4 Å². The van der Waals surface area contributed by atoms with Gasteiger partial charge in [-0.25, -0.2) is 0 Å². The molecule has 6 nitrogen and oxygen atoms in total. The number of nitro benzene ring substituents is 1. The van der Waals surface area contributed by atoms with Crippen LogP contribution in [-0.2, 0) is 12.4 Å². The van der Waals surface area contributed by atoms with Crippen molar-refractivity contribution in [3.05, 3.63) is 57.6 Å². The number of hydrogen-bond acceptors (Lipinski definition) is 5. The van der Waals surface area contributed by atoms with Gasteiger partial charge in [0.2, 0.25) is 0 Å². The van der Waals surface area contributed by atoms with Crippen LogP contribution < -0.4 is 16.4 Å². The third kappa shape index (κ3) is 5.93. The average molecular weight is 410 g/mol. The van der Waals surface area contributed by atoms with Crippen LogP contribution in [0.15, 0.2) is 36.4 Å². The summed E-state index contributed by atoms with van der Waals surface area (Å²) in [6, 6.07) is 5.38. The summed E-state index contributed by atoms with van der Waals surface area (Å²) in [5.41, 5.74) is 3.84. The molecule has 4 N–H and O–H groups in total. The van der Waals surface area contributed by atoms with Crippen LogP contribution in [0.5, 0.6) is 0 Å². The zero-order valence-electron chi connectivity index (χ0n) is 14.6. The smallest absolute Gasteiger partial charge is 0.397 e. The van der Waals surface area contributed by atoms with Gasteiger partial charge in [-0.05, 0) is 30.3 Å². The first-order chi connectivity index (χ1) is 12.8. The van der Waals surface area contributed by atoms with Crippen molar-refractivity contribution >= 4 is 22.7 Å². The van der Waals surface area contributed by atoms with Gasteiger partial charge in [0.1, 0.15) is 5.69 Å². The van der Waals surface area contributed by atoms with Crippen LogP contribution in [0.2, 0.25) is 0 Å². The van der Waals surface area contributed by atoms with E-state index in [1.165, 1.54) is 20.2 Å². The van der Waals surface area contributed by atoms with Crippen LogP contribution in [0.25, 0.3) is 0 Å². The van der Waals surface area contributed by atoms with Gasteiger partial charge in [0.15, 0.2) is 0 Å². The lowest BCUT2D eigenvalue weighted by molar-refractivity contribution is -0.384. The molecule has 0 spiro atoms. The van der Waals surface area contributed by atoms with E-state index in [1.807, 2.05) is 0 Å². The van der Waals surface area contributed by atoms with Gasteiger partial charge < -0.3 is 16.4 Å². The van der Waals surface area contributed by atoms with Crippen molar-refractivity contribution in [3.8, 4) is 0 Å². The topological polar surface area (TPSA) is 93.2 Å². The van der Waals surface area contributed by atoms with Gasteiger partial charge in [-0.3, -0.25) is 10.1 Å². The molecule has 0 aliphatic rings. The second-order valence-corrected chi connectivity index (χ2v) is 5.29. The molecule has 0 fully saturated rings. The SMILES string of the molecule is CNc1cc(C(F)(F)F)ccc1N.CNc1cc(C(F)(F)F)ccc1[N+](=O)[O-]. The van der Waals surface area contributed by atoms with E-state index in [2.05, 4.69) is 10.6 Å². The molecule has 0 aliphatic carbocycles. The fourth-order valence-electron chi connectivity index (χ4n) is 2.02. The fourth-order valence-corrected chi connectivity index (χ4v) is 2.02. The molecule has 0 atom stereocenters. The summed E-state index contributed by atoms with van der Waals surface area (Å²) in [6.07, 6.45) is -8.82. The zero-order chi connectivity index (χ0) is 21.7. The van der Waals surface area contributed by atoms with E-state index in [1.54, 1.807) is 0 Å². The highest BCUT2D eigenvalue weighted by Gasteiger charge is 2.32. The molecule has 0 saturated carbocycles. The number of hydrogen-bond donors (Lipinski definition) is 3. The number of rotatable bonds is 3. The van der Waals surface area contributed by atoms with Crippen LogP contribution in [0, 0.1) is 10.1 Å². The summed E-state index contributed by atoms with van der Waals surface area (Å²) in [7, 11) is 2.84. The second kappa shape index (κ2) is 8.67. The molecule has 0 aliphatic heterocycles. The molecule has 0 unspecified atom stereocenters. The standard InChI is InChI=1S/C8H7F3N2O2.C8H9F3N2/c1-12-6-4-5(8(9,10)11)2-3-7(6)13(14)15;1-13-7-4-5(8(9,10)11)2-3-6(7)12/h2-4,12H,1H3;2-4,13H,12H2,1H3. The summed E-state index contributed by atoms with van der Waals surface area (Å²) in [5, 5.41) is 15.4. The molecule has 0 radical (unpaired) electrons. The number of nitrogens with one attached hydrogen (secondary N) is 2. The van der Waals surface area contributed by atoms with Gasteiger partial charge in [-0.2, -0.15) is 26.3 Å². The highest BCUT2D eigenvalue weighted by atomic mass is 19.4. The van der Waals surface area contributed by atoms with E-state index >= 15 is 0 Å². The number of anilines is 3. The Bertz CT molecular complexity index is 837. The number of nitro groups is 1. The van der Waals surface area contributed by atoms with Gasteiger partial charge in [-0.1, -0.05) is 0 Å². The molecule has 0 aromatic heterocycles. The Morgan fingerprint density at radius 2 is 1.29 bits per heavy atom. The third-order valence-corrected chi connectivity index (χ3v) is 3.44. The van der Waals surface area contributed by atoms with Gasteiger partial charge in [0.25, 0.3) is 5.69 Å². The highest BCUT2D eigenvalue weighted by Crippen LogP contribution is 2.34. The van der Waals surface area contributed by atoms with Crippen molar-refractivity contribution in [3.63, 3.8) is 0 Å². The van der Waals surface area contributed by atoms with Gasteiger partial charge >= 0.3 is 12.4 Å². The fraction of sp³-hybridized carbons (Fsp3) is 0.250. The lowest BCUT2D eigenvalue weighted by atomic mass is 10.1. The van der Waals surface area contributed by atoms with Crippen LogP contribution in [0.1, 0.15) is 11.1 Å². The quantitative estimate of drug-likeness (QED) is 0.287. The average Bonchev–Trinajstić information content (AvgIpc) is 2.60. The Hall–Kier alpha value is -3.18. The highest BCUT2D eigenvalue weighted by molar-refractivity contribution is 5.67. The lowest BCUT2D eigenvalue weighted by Gasteiger charge is -2.10. The Balaban J connectivity index is 0.000000283. The summed E-state index contributed by atoms with van der Waals surface area (Å²) in [4.78, 5) is 9.68. The first-order valence-electron chi connectivity index (χ1n) is 7.49. The van der Waals surface area contributed by atoms with Crippen LogP contribution in [0.3, 0.4) is 0 Å². The van der Waals surface area contributed by atoms with Gasteiger partial charge in [0, 0.05) is 20.2 Å². The normalized spacial score (nSPS) is 11.3. The molecule has 12 heteroatoms. The number of nitrogens with two attached hydrogens (primary N) is 1. The zero-order valence-corrected chi connectivity index (χ0v) is 14.6. The molecular weight excluding hydrogens is 394 g/mol. The third-order valence-electron chi connectivity index (χ3n) is 3.44. The largest absolute Gasteiger partial charge is 0.416 e. The molecule has 0 bridgehead atoms. The molecule has 2 aromatic carbocycles. The van der Waals surface area contributed by atoms with E-state index in [0.717, 1.165) is 18.2 Å². The van der Waals surface area contributed by atoms with Crippen LogP contribution in [0.4, 0.5) is 49.1 Å². The van der Waals surface area contributed by atoms with E-state index in [-0.39, 0.29) is 17.1 Å². The summed E-state index contributed by atoms with van der Waals surface area (Å²) in [5.74, 6) is 0. The first kappa shape index (κ1) is 22.9. The minimum Gasteiger partial charge on any atom is -0.397 e. The summed E-state index contributed by atoms with van der Waals surface area (Å²) in [6.45, 7) is 0. The predicted octanol–water partition coefficient (Wildman–Crippen LogP) is 4.98. The molecule has 28 heavy (non-hydrogen) atoms. The molecule has 0 saturated heterocycles. The minimum absolute atomic E-state index is 0.158. The van der Waals surface area contributed by atoms with Crippen LogP contribution >= 0.6 is 0 Å². The van der Waals surface area contributed by atoms with Crippen molar-refractivity contribution in [2.45, 2.75) is 12.4 Å². The second-order valence-electron chi connectivity index (χ2n) is 5.29. The lowest BCUT2D eigenvalue weighted by Crippen LogP contribution is -2.06. The van der Waals surface area contributed by atoms with Crippen molar-refractivity contribution in [2.75, 3.05) is 30.5 Å². The number of nitrogens with zero attached hydrogens (tertiary/aromatic N) is 1. The van der Waals surface area contributed by atoms with Crippen molar-refractivity contribution in [1.29, 1.82) is 0 Å². The predicted molar refractivity (Wildman–Crippen MR) is 93.0 cm³/mol. The number of benzene rings is 2. The maximum atomic E-state index is 12.2. The molecule has 154 valence electrons. The van der Waals surface area contributed by atoms with E-state index in [4.69, 9.17) is 5.73 Å². The Kier molecular flexibility index (Phi) is 7.08.